The molecule has 2 atom stereocenters. The standard InChI is InChI=1S/C17H22F2O2/c1-8(2)11-6-5-9(3)7-12(11)13-16(20)14(18)10(4)15(19)17(13)21/h7-8,11-12,20-21H,5-6H2,1-4H3. The lowest BCUT2D eigenvalue weighted by Gasteiger charge is -2.33. The number of phenols is 2. The summed E-state index contributed by atoms with van der Waals surface area (Å²) in [5.74, 6) is -3.19. The zero-order chi connectivity index (χ0) is 15.9. The van der Waals surface area contributed by atoms with Crippen molar-refractivity contribution in [3.8, 4) is 11.5 Å². The Hall–Kier alpha value is -1.58. The van der Waals surface area contributed by atoms with E-state index in [2.05, 4.69) is 0 Å². The minimum Gasteiger partial charge on any atom is -0.505 e. The summed E-state index contributed by atoms with van der Waals surface area (Å²) >= 11 is 0. The molecular formula is C17H22F2O2. The molecule has 0 bridgehead atoms. The smallest absolute Gasteiger partial charge is 0.171 e. The first-order valence-corrected chi connectivity index (χ1v) is 7.32. The Morgan fingerprint density at radius 1 is 1.10 bits per heavy atom. The average Bonchev–Trinajstić information content (AvgIpc) is 2.43. The van der Waals surface area contributed by atoms with Crippen LogP contribution < -0.4 is 0 Å². The van der Waals surface area contributed by atoms with Gasteiger partial charge in [0.2, 0.25) is 0 Å². The molecule has 2 N–H and O–H groups in total. The van der Waals surface area contributed by atoms with Crippen LogP contribution in [0.25, 0.3) is 0 Å². The third-order valence-electron chi connectivity index (χ3n) is 4.57. The van der Waals surface area contributed by atoms with Crippen LogP contribution in [0.2, 0.25) is 0 Å². The van der Waals surface area contributed by atoms with E-state index in [-0.39, 0.29) is 28.9 Å². The molecule has 4 heteroatoms. The van der Waals surface area contributed by atoms with Gasteiger partial charge in [-0.25, -0.2) is 8.78 Å². The lowest BCUT2D eigenvalue weighted by molar-refractivity contribution is 0.297. The van der Waals surface area contributed by atoms with Crippen LogP contribution in [0.15, 0.2) is 11.6 Å². The molecule has 116 valence electrons. The van der Waals surface area contributed by atoms with Crippen molar-refractivity contribution in [2.24, 2.45) is 11.8 Å². The largest absolute Gasteiger partial charge is 0.505 e. The fraction of sp³-hybridized carbons (Fsp3) is 0.529. The molecule has 0 aromatic heterocycles. The van der Waals surface area contributed by atoms with Crippen LogP contribution in [-0.2, 0) is 0 Å². The van der Waals surface area contributed by atoms with Gasteiger partial charge in [-0.2, -0.15) is 0 Å². The van der Waals surface area contributed by atoms with Gasteiger partial charge in [0.1, 0.15) is 0 Å². The zero-order valence-corrected chi connectivity index (χ0v) is 12.9. The summed E-state index contributed by atoms with van der Waals surface area (Å²) in [7, 11) is 0. The Kier molecular flexibility index (Phi) is 4.26. The first-order chi connectivity index (χ1) is 9.75. The van der Waals surface area contributed by atoms with Gasteiger partial charge in [0, 0.05) is 17.0 Å². The van der Waals surface area contributed by atoms with Crippen LogP contribution in [0.5, 0.6) is 11.5 Å². The van der Waals surface area contributed by atoms with E-state index in [0.717, 1.165) is 18.4 Å². The molecule has 0 radical (unpaired) electrons. The molecule has 0 fully saturated rings. The molecule has 0 saturated carbocycles. The van der Waals surface area contributed by atoms with E-state index in [0.29, 0.717) is 0 Å². The lowest BCUT2D eigenvalue weighted by Crippen LogP contribution is -2.21. The van der Waals surface area contributed by atoms with Gasteiger partial charge in [-0.15, -0.1) is 0 Å². The lowest BCUT2D eigenvalue weighted by atomic mass is 9.71. The number of hydrogen-bond acceptors (Lipinski definition) is 2. The van der Waals surface area contributed by atoms with Crippen LogP contribution in [0.1, 0.15) is 50.7 Å². The number of halogens is 2. The van der Waals surface area contributed by atoms with Gasteiger partial charge in [0.25, 0.3) is 0 Å². The Balaban J connectivity index is 2.66. The van der Waals surface area contributed by atoms with E-state index in [1.807, 2.05) is 26.8 Å². The summed E-state index contributed by atoms with van der Waals surface area (Å²) in [6, 6.07) is 0. The molecule has 0 amide bonds. The van der Waals surface area contributed by atoms with Crippen molar-refractivity contribution in [3.63, 3.8) is 0 Å². The second kappa shape index (κ2) is 5.66. The normalized spacial score (nSPS) is 22.5. The highest BCUT2D eigenvalue weighted by atomic mass is 19.1. The molecule has 2 rings (SSSR count). The molecule has 0 aliphatic heterocycles. The SMILES string of the molecule is CC1=CC(c2c(O)c(F)c(C)c(F)c2O)C(C(C)C)CC1. The Bertz CT molecular complexity index is 562. The van der Waals surface area contributed by atoms with E-state index >= 15 is 0 Å². The topological polar surface area (TPSA) is 40.5 Å². The van der Waals surface area contributed by atoms with Crippen LogP contribution in [0, 0.1) is 30.4 Å². The number of allylic oxidation sites excluding steroid dienone is 2. The maximum absolute atomic E-state index is 14.0. The van der Waals surface area contributed by atoms with Crippen molar-refractivity contribution >= 4 is 0 Å². The minimum atomic E-state index is -0.987. The third-order valence-corrected chi connectivity index (χ3v) is 4.57. The highest BCUT2D eigenvalue weighted by Gasteiger charge is 2.34. The van der Waals surface area contributed by atoms with Crippen LogP contribution in [-0.4, -0.2) is 10.2 Å². The van der Waals surface area contributed by atoms with E-state index < -0.39 is 23.1 Å². The maximum atomic E-state index is 14.0. The summed E-state index contributed by atoms with van der Waals surface area (Å²) in [6.45, 7) is 7.25. The first kappa shape index (κ1) is 15.8. The monoisotopic (exact) mass is 296 g/mol. The van der Waals surface area contributed by atoms with Gasteiger partial charge in [-0.3, -0.25) is 0 Å². The quantitative estimate of drug-likeness (QED) is 0.771. The van der Waals surface area contributed by atoms with Crippen molar-refractivity contribution in [2.75, 3.05) is 0 Å². The molecule has 0 saturated heterocycles. The predicted octanol–water partition coefficient (Wildman–Crippen LogP) is 4.78. The fourth-order valence-electron chi connectivity index (χ4n) is 3.25. The molecule has 2 nitrogen and oxygen atoms in total. The van der Waals surface area contributed by atoms with Gasteiger partial charge in [-0.05, 0) is 38.5 Å². The molecule has 1 aliphatic carbocycles. The van der Waals surface area contributed by atoms with E-state index in [9.17, 15) is 19.0 Å². The first-order valence-electron chi connectivity index (χ1n) is 7.32. The van der Waals surface area contributed by atoms with Gasteiger partial charge in [0.05, 0.1) is 0 Å². The van der Waals surface area contributed by atoms with Crippen molar-refractivity contribution < 1.29 is 19.0 Å². The van der Waals surface area contributed by atoms with Gasteiger partial charge >= 0.3 is 0 Å². The molecular weight excluding hydrogens is 274 g/mol. The minimum absolute atomic E-state index is 0.0200. The van der Waals surface area contributed by atoms with Crippen molar-refractivity contribution in [3.05, 3.63) is 34.4 Å². The van der Waals surface area contributed by atoms with Gasteiger partial charge in [-0.1, -0.05) is 25.5 Å². The number of rotatable bonds is 2. The average molecular weight is 296 g/mol. The van der Waals surface area contributed by atoms with Crippen LogP contribution in [0.3, 0.4) is 0 Å². The van der Waals surface area contributed by atoms with E-state index in [1.54, 1.807) is 0 Å². The van der Waals surface area contributed by atoms with Gasteiger partial charge in [0.15, 0.2) is 23.1 Å². The van der Waals surface area contributed by atoms with Crippen molar-refractivity contribution in [1.29, 1.82) is 0 Å². The van der Waals surface area contributed by atoms with E-state index in [1.165, 1.54) is 6.92 Å². The molecule has 1 aromatic rings. The summed E-state index contributed by atoms with van der Waals surface area (Å²) in [4.78, 5) is 0. The second-order valence-corrected chi connectivity index (χ2v) is 6.35. The Labute approximate surface area is 124 Å². The zero-order valence-electron chi connectivity index (χ0n) is 12.9. The van der Waals surface area contributed by atoms with Crippen LogP contribution >= 0.6 is 0 Å². The van der Waals surface area contributed by atoms with Gasteiger partial charge < -0.3 is 10.2 Å². The molecule has 0 heterocycles. The summed E-state index contributed by atoms with van der Waals surface area (Å²) < 4.78 is 28.0. The Morgan fingerprint density at radius 3 is 2.10 bits per heavy atom. The third kappa shape index (κ3) is 2.63. The molecule has 1 aliphatic rings. The molecule has 21 heavy (non-hydrogen) atoms. The molecule has 2 unspecified atom stereocenters. The highest BCUT2D eigenvalue weighted by molar-refractivity contribution is 5.52. The fourth-order valence-corrected chi connectivity index (χ4v) is 3.25. The van der Waals surface area contributed by atoms with Crippen molar-refractivity contribution in [2.45, 2.75) is 46.5 Å². The number of hydrogen-bond donors (Lipinski definition) is 2. The summed E-state index contributed by atoms with van der Waals surface area (Å²) in [6.07, 6.45) is 3.72. The number of phenolic OH excluding ortho intramolecular Hbond substituents is 2. The number of aromatic hydroxyl groups is 2. The second-order valence-electron chi connectivity index (χ2n) is 6.35. The van der Waals surface area contributed by atoms with E-state index in [4.69, 9.17) is 0 Å². The summed E-state index contributed by atoms with van der Waals surface area (Å²) in [5.41, 5.74) is 0.733. The molecule has 1 aromatic carbocycles. The van der Waals surface area contributed by atoms with Crippen molar-refractivity contribution in [1.82, 2.24) is 0 Å². The maximum Gasteiger partial charge on any atom is 0.171 e. The summed E-state index contributed by atoms with van der Waals surface area (Å²) in [5, 5.41) is 20.2. The molecule has 0 spiro atoms. The highest BCUT2D eigenvalue weighted by Crippen LogP contribution is 2.48. The number of benzene rings is 1. The van der Waals surface area contributed by atoms with Crippen LogP contribution in [0.4, 0.5) is 8.78 Å². The Morgan fingerprint density at radius 2 is 1.62 bits per heavy atom. The predicted molar refractivity (Wildman–Crippen MR) is 78.5 cm³/mol.